The third-order valence-electron chi connectivity index (χ3n) is 5.90. The van der Waals surface area contributed by atoms with Gasteiger partial charge in [0, 0.05) is 5.56 Å². The third-order valence-corrected chi connectivity index (χ3v) is 5.90. The number of hydrogen-bond donors (Lipinski definition) is 4. The van der Waals surface area contributed by atoms with Crippen LogP contribution in [0.2, 0.25) is 0 Å². The average molecular weight is 502 g/mol. The van der Waals surface area contributed by atoms with Gasteiger partial charge in [-0.25, -0.2) is 9.45 Å². The van der Waals surface area contributed by atoms with Gasteiger partial charge in [-0.05, 0) is 29.4 Å². The molecule has 2 aromatic rings. The van der Waals surface area contributed by atoms with Crippen molar-refractivity contribution in [2.75, 3.05) is 0 Å². The minimum absolute atomic E-state index is 0.0637. The highest BCUT2D eigenvalue weighted by molar-refractivity contribution is 5.92. The highest BCUT2D eigenvalue weighted by Gasteiger charge is 2.44. The maximum atomic E-state index is 14.7. The summed E-state index contributed by atoms with van der Waals surface area (Å²) in [6.07, 6.45) is -1.82. The molecule has 2 unspecified atom stereocenters. The Bertz CT molecular complexity index is 1050. The molecule has 0 saturated heterocycles. The molecule has 0 aromatic heterocycles. The minimum atomic E-state index is -1.94. The van der Waals surface area contributed by atoms with Crippen molar-refractivity contribution in [3.63, 3.8) is 0 Å². The summed E-state index contributed by atoms with van der Waals surface area (Å²) in [5, 5.41) is 24.4. The fraction of sp³-hybridized carbons (Fsp3) is 0.444. The molecule has 196 valence electrons. The van der Waals surface area contributed by atoms with Crippen LogP contribution in [0.1, 0.15) is 58.2 Å². The predicted octanol–water partition coefficient (Wildman–Crippen LogP) is 3.17. The minimum Gasteiger partial charge on any atom is -0.382 e. The van der Waals surface area contributed by atoms with Crippen molar-refractivity contribution in [1.82, 2.24) is 10.4 Å². The molecule has 0 aliphatic rings. The van der Waals surface area contributed by atoms with Crippen LogP contribution in [0, 0.1) is 23.1 Å². The number of halogens is 1. The molecular formula is C27H36FN3O5. The van der Waals surface area contributed by atoms with Crippen LogP contribution in [0.3, 0.4) is 0 Å². The van der Waals surface area contributed by atoms with Gasteiger partial charge < -0.3 is 16.2 Å². The number of nitrogens with two attached hydrogens (primary N) is 1. The standard InChI is InChI=1S/C27H36FN3O5/c1-16(2)15-19(24(29)33)22(32)26(35)31(36)23(27(3,4)5)25(34)30-21(17-11-7-6-8-12-17)18-13-9-10-14-20(18)28/h6-14,16,19,21-23,32,36H,15H2,1-5H3,(H2,29,33)(H,30,34)/t19?,21?,22-,23+/m0/s1. The fourth-order valence-corrected chi connectivity index (χ4v) is 4.13. The Morgan fingerprint density at radius 2 is 1.58 bits per heavy atom. The van der Waals surface area contributed by atoms with Gasteiger partial charge in [0.2, 0.25) is 11.8 Å². The first-order valence-electron chi connectivity index (χ1n) is 11.8. The van der Waals surface area contributed by atoms with Gasteiger partial charge in [0.05, 0.1) is 12.0 Å². The summed E-state index contributed by atoms with van der Waals surface area (Å²) in [5.74, 6) is -4.74. The normalized spacial score (nSPS) is 15.0. The molecule has 0 aliphatic heterocycles. The smallest absolute Gasteiger partial charge is 0.276 e. The Morgan fingerprint density at radius 3 is 2.08 bits per heavy atom. The number of carbonyl (C=O) groups is 3. The van der Waals surface area contributed by atoms with E-state index in [4.69, 9.17) is 5.73 Å². The lowest BCUT2D eigenvalue weighted by Crippen LogP contribution is -2.58. The molecule has 2 aromatic carbocycles. The van der Waals surface area contributed by atoms with Crippen molar-refractivity contribution in [3.8, 4) is 0 Å². The zero-order valence-corrected chi connectivity index (χ0v) is 21.3. The van der Waals surface area contributed by atoms with Gasteiger partial charge in [-0.1, -0.05) is 83.1 Å². The molecule has 0 radical (unpaired) electrons. The summed E-state index contributed by atoms with van der Waals surface area (Å²) in [7, 11) is 0. The van der Waals surface area contributed by atoms with E-state index in [1.807, 2.05) is 0 Å². The van der Waals surface area contributed by atoms with E-state index < -0.39 is 53.1 Å². The molecule has 8 nitrogen and oxygen atoms in total. The number of aliphatic hydroxyl groups excluding tert-OH is 1. The van der Waals surface area contributed by atoms with E-state index in [2.05, 4.69) is 5.32 Å². The first-order valence-corrected chi connectivity index (χ1v) is 11.8. The van der Waals surface area contributed by atoms with Crippen LogP contribution in [-0.4, -0.2) is 45.2 Å². The molecular weight excluding hydrogens is 465 g/mol. The predicted molar refractivity (Wildman–Crippen MR) is 133 cm³/mol. The quantitative estimate of drug-likeness (QED) is 0.293. The fourth-order valence-electron chi connectivity index (χ4n) is 4.13. The number of amides is 3. The van der Waals surface area contributed by atoms with Crippen molar-refractivity contribution in [2.24, 2.45) is 23.0 Å². The highest BCUT2D eigenvalue weighted by atomic mass is 19.1. The van der Waals surface area contributed by atoms with Gasteiger partial charge in [-0.15, -0.1) is 0 Å². The summed E-state index contributed by atoms with van der Waals surface area (Å²) >= 11 is 0. The van der Waals surface area contributed by atoms with Gasteiger partial charge in [0.1, 0.15) is 18.0 Å². The van der Waals surface area contributed by atoms with Crippen molar-refractivity contribution in [2.45, 2.75) is 59.2 Å². The van der Waals surface area contributed by atoms with Crippen molar-refractivity contribution in [3.05, 3.63) is 71.5 Å². The van der Waals surface area contributed by atoms with Crippen LogP contribution in [0.15, 0.2) is 54.6 Å². The monoisotopic (exact) mass is 501 g/mol. The molecule has 4 atom stereocenters. The van der Waals surface area contributed by atoms with Gasteiger partial charge >= 0.3 is 0 Å². The molecule has 0 spiro atoms. The zero-order chi connectivity index (χ0) is 27.2. The number of primary amides is 1. The Hall–Kier alpha value is -3.30. The van der Waals surface area contributed by atoms with E-state index in [9.17, 15) is 29.1 Å². The van der Waals surface area contributed by atoms with Crippen LogP contribution >= 0.6 is 0 Å². The first-order chi connectivity index (χ1) is 16.8. The number of nitrogens with one attached hydrogen (secondary N) is 1. The van der Waals surface area contributed by atoms with Gasteiger partial charge in [0.15, 0.2) is 0 Å². The molecule has 2 rings (SSSR count). The Balaban J connectivity index is 2.42. The maximum Gasteiger partial charge on any atom is 0.276 e. The van der Waals surface area contributed by atoms with Gasteiger partial charge in [-0.2, -0.15) is 0 Å². The zero-order valence-electron chi connectivity index (χ0n) is 21.3. The number of nitrogens with zero attached hydrogens (tertiary/aromatic N) is 1. The SMILES string of the molecule is CC(C)CC(C(N)=O)[C@H](O)C(=O)N(O)[C@H](C(=O)NC(c1ccccc1)c1ccccc1F)C(C)(C)C. The van der Waals surface area contributed by atoms with E-state index in [-0.39, 0.29) is 23.0 Å². The average Bonchev–Trinajstić information content (AvgIpc) is 2.80. The van der Waals surface area contributed by atoms with Crippen LogP contribution in [0.5, 0.6) is 0 Å². The van der Waals surface area contributed by atoms with Gasteiger partial charge in [-0.3, -0.25) is 19.6 Å². The number of aliphatic hydroxyl groups is 1. The molecule has 0 fully saturated rings. The first kappa shape index (κ1) is 28.9. The second-order valence-corrected chi connectivity index (χ2v) is 10.4. The summed E-state index contributed by atoms with van der Waals surface area (Å²) < 4.78 is 14.7. The Morgan fingerprint density at radius 1 is 1.03 bits per heavy atom. The van der Waals surface area contributed by atoms with E-state index in [0.717, 1.165) is 0 Å². The van der Waals surface area contributed by atoms with E-state index in [1.165, 1.54) is 18.2 Å². The second kappa shape index (κ2) is 12.1. The summed E-state index contributed by atoms with van der Waals surface area (Å²) in [4.78, 5) is 38.5. The molecule has 0 aliphatic carbocycles. The lowest BCUT2D eigenvalue weighted by molar-refractivity contribution is -0.199. The largest absolute Gasteiger partial charge is 0.382 e. The number of hydrogen-bond acceptors (Lipinski definition) is 5. The van der Waals surface area contributed by atoms with Gasteiger partial charge in [0.25, 0.3) is 5.91 Å². The molecule has 0 heterocycles. The lowest BCUT2D eigenvalue weighted by atomic mass is 9.84. The van der Waals surface area contributed by atoms with E-state index >= 15 is 0 Å². The third kappa shape index (κ3) is 7.11. The van der Waals surface area contributed by atoms with Crippen LogP contribution in [-0.2, 0) is 14.4 Å². The van der Waals surface area contributed by atoms with Crippen molar-refractivity contribution in [1.29, 1.82) is 0 Å². The number of rotatable bonds is 10. The van der Waals surface area contributed by atoms with Crippen molar-refractivity contribution >= 4 is 17.7 Å². The molecule has 0 bridgehead atoms. The molecule has 0 saturated carbocycles. The molecule has 5 N–H and O–H groups in total. The molecule has 3 amide bonds. The highest BCUT2D eigenvalue weighted by Crippen LogP contribution is 2.29. The number of hydroxylamine groups is 2. The summed E-state index contributed by atoms with van der Waals surface area (Å²) in [5.41, 5.74) is 5.17. The van der Waals surface area contributed by atoms with Crippen LogP contribution < -0.4 is 11.1 Å². The van der Waals surface area contributed by atoms with Crippen LogP contribution in [0.25, 0.3) is 0 Å². The van der Waals surface area contributed by atoms with E-state index in [1.54, 1.807) is 71.0 Å². The number of benzene rings is 2. The number of carbonyl (C=O) groups excluding carboxylic acids is 3. The second-order valence-electron chi connectivity index (χ2n) is 10.4. The van der Waals surface area contributed by atoms with Crippen LogP contribution in [0.4, 0.5) is 4.39 Å². The van der Waals surface area contributed by atoms with Crippen molar-refractivity contribution < 1.29 is 29.1 Å². The summed E-state index contributed by atoms with van der Waals surface area (Å²) in [6, 6.07) is 12.3. The summed E-state index contributed by atoms with van der Waals surface area (Å²) in [6.45, 7) is 8.46. The Labute approximate surface area is 211 Å². The Kier molecular flexibility index (Phi) is 9.72. The molecule has 36 heavy (non-hydrogen) atoms. The lowest BCUT2D eigenvalue weighted by Gasteiger charge is -2.37. The maximum absolute atomic E-state index is 14.7. The molecule has 9 heteroatoms. The topological polar surface area (TPSA) is 133 Å². The van der Waals surface area contributed by atoms with E-state index in [0.29, 0.717) is 5.56 Å².